The highest BCUT2D eigenvalue weighted by atomic mass is 16.6. The van der Waals surface area contributed by atoms with Gasteiger partial charge in [-0.3, -0.25) is 4.90 Å². The fraction of sp³-hybridized carbons (Fsp3) is 0.400. The lowest BCUT2D eigenvalue weighted by Gasteiger charge is -2.36. The van der Waals surface area contributed by atoms with Crippen LogP contribution in [0, 0.1) is 0 Å². The van der Waals surface area contributed by atoms with Crippen molar-refractivity contribution in [2.45, 2.75) is 50.3 Å². The van der Waals surface area contributed by atoms with E-state index in [4.69, 9.17) is 4.74 Å². The predicted molar refractivity (Wildman–Crippen MR) is 89.8 cm³/mol. The van der Waals surface area contributed by atoms with E-state index in [-0.39, 0.29) is 18.2 Å². The number of ether oxygens (including phenoxy) is 1. The average Bonchev–Trinajstić information content (AvgIpc) is 3.36. The standard InChI is InChI=1S/C20H23NO2/c22-17-11-12-18-20(23-18)19(17)21(13-15-7-3-1-4-8-15)14-16-9-5-2-6-10-16/h1-10,17-20,22H,11-14H2/t17-,18+,19+,20+/m1/s1. The van der Waals surface area contributed by atoms with E-state index >= 15 is 0 Å². The molecule has 120 valence electrons. The number of hydrogen-bond donors (Lipinski definition) is 1. The van der Waals surface area contributed by atoms with Crippen LogP contribution in [0.1, 0.15) is 24.0 Å². The minimum Gasteiger partial charge on any atom is -0.391 e. The van der Waals surface area contributed by atoms with Gasteiger partial charge < -0.3 is 9.84 Å². The second-order valence-corrected chi connectivity index (χ2v) is 6.65. The van der Waals surface area contributed by atoms with Crippen LogP contribution in [0.2, 0.25) is 0 Å². The lowest BCUT2D eigenvalue weighted by Crippen LogP contribution is -2.49. The molecule has 1 N–H and O–H groups in total. The Morgan fingerprint density at radius 1 is 0.870 bits per heavy atom. The van der Waals surface area contributed by atoms with Crippen LogP contribution >= 0.6 is 0 Å². The van der Waals surface area contributed by atoms with Crippen molar-refractivity contribution in [1.82, 2.24) is 4.90 Å². The molecule has 2 fully saturated rings. The van der Waals surface area contributed by atoms with Crippen molar-refractivity contribution in [2.75, 3.05) is 0 Å². The SMILES string of the molecule is O[C@@H]1CC[C@@H]2O[C@@H]2[C@H]1N(Cc1ccccc1)Cc1ccccc1. The average molecular weight is 309 g/mol. The number of nitrogens with zero attached hydrogens (tertiary/aromatic N) is 1. The Balaban J connectivity index is 1.57. The summed E-state index contributed by atoms with van der Waals surface area (Å²) in [5.74, 6) is 0. The molecule has 1 aliphatic heterocycles. The predicted octanol–water partition coefficient (Wildman–Crippen LogP) is 2.98. The minimum absolute atomic E-state index is 0.0918. The molecule has 0 bridgehead atoms. The van der Waals surface area contributed by atoms with Crippen LogP contribution in [-0.4, -0.2) is 34.4 Å². The van der Waals surface area contributed by atoms with E-state index < -0.39 is 0 Å². The molecule has 3 heteroatoms. The summed E-state index contributed by atoms with van der Waals surface area (Å²) in [6, 6.07) is 21.1. The molecule has 1 saturated heterocycles. The van der Waals surface area contributed by atoms with Crippen LogP contribution in [0.4, 0.5) is 0 Å². The third kappa shape index (κ3) is 3.32. The fourth-order valence-electron chi connectivity index (χ4n) is 3.77. The van der Waals surface area contributed by atoms with Crippen LogP contribution < -0.4 is 0 Å². The van der Waals surface area contributed by atoms with Crippen LogP contribution in [0.5, 0.6) is 0 Å². The Morgan fingerprint density at radius 2 is 1.43 bits per heavy atom. The molecule has 4 rings (SSSR count). The maximum absolute atomic E-state index is 10.6. The Bertz CT molecular complexity index is 587. The van der Waals surface area contributed by atoms with Gasteiger partial charge in [-0.2, -0.15) is 0 Å². The quantitative estimate of drug-likeness (QED) is 0.863. The number of benzene rings is 2. The Labute approximate surface area is 137 Å². The molecule has 0 spiro atoms. The van der Waals surface area contributed by atoms with E-state index in [0.717, 1.165) is 25.9 Å². The van der Waals surface area contributed by atoms with Crippen LogP contribution in [-0.2, 0) is 17.8 Å². The van der Waals surface area contributed by atoms with Crippen molar-refractivity contribution in [1.29, 1.82) is 0 Å². The highest BCUT2D eigenvalue weighted by Gasteiger charge is 2.53. The zero-order chi connectivity index (χ0) is 15.6. The van der Waals surface area contributed by atoms with Gasteiger partial charge in [0, 0.05) is 13.1 Å². The van der Waals surface area contributed by atoms with Crippen molar-refractivity contribution in [2.24, 2.45) is 0 Å². The Kier molecular flexibility index (Phi) is 4.17. The fourth-order valence-corrected chi connectivity index (χ4v) is 3.77. The molecular formula is C20H23NO2. The molecule has 4 atom stereocenters. The maximum Gasteiger partial charge on any atom is 0.102 e. The Morgan fingerprint density at radius 3 is 2.00 bits per heavy atom. The molecule has 1 saturated carbocycles. The second-order valence-electron chi connectivity index (χ2n) is 6.65. The van der Waals surface area contributed by atoms with E-state index in [9.17, 15) is 5.11 Å². The molecule has 3 nitrogen and oxygen atoms in total. The molecule has 2 aliphatic rings. The lowest BCUT2D eigenvalue weighted by molar-refractivity contribution is 0.0151. The van der Waals surface area contributed by atoms with Gasteiger partial charge in [0.2, 0.25) is 0 Å². The summed E-state index contributed by atoms with van der Waals surface area (Å²) in [6.45, 7) is 1.67. The van der Waals surface area contributed by atoms with Crippen LogP contribution in [0.15, 0.2) is 60.7 Å². The van der Waals surface area contributed by atoms with Gasteiger partial charge in [-0.25, -0.2) is 0 Å². The monoisotopic (exact) mass is 309 g/mol. The molecule has 2 aromatic rings. The molecule has 1 aliphatic carbocycles. The van der Waals surface area contributed by atoms with E-state index in [1.807, 2.05) is 12.1 Å². The van der Waals surface area contributed by atoms with Crippen molar-refractivity contribution in [3.05, 3.63) is 71.8 Å². The molecule has 0 aromatic heterocycles. The molecular weight excluding hydrogens is 286 g/mol. The first-order chi connectivity index (χ1) is 11.3. The van der Waals surface area contributed by atoms with Crippen LogP contribution in [0.3, 0.4) is 0 Å². The second kappa shape index (κ2) is 6.44. The van der Waals surface area contributed by atoms with Gasteiger partial charge >= 0.3 is 0 Å². The minimum atomic E-state index is -0.300. The molecule has 2 aromatic carbocycles. The van der Waals surface area contributed by atoms with Gasteiger partial charge in [-0.15, -0.1) is 0 Å². The highest BCUT2D eigenvalue weighted by Crippen LogP contribution is 2.40. The van der Waals surface area contributed by atoms with E-state index in [0.29, 0.717) is 6.10 Å². The summed E-state index contributed by atoms with van der Waals surface area (Å²) >= 11 is 0. The van der Waals surface area contributed by atoms with Crippen molar-refractivity contribution < 1.29 is 9.84 Å². The van der Waals surface area contributed by atoms with Gasteiger partial charge in [0.25, 0.3) is 0 Å². The number of aliphatic hydroxyl groups is 1. The van der Waals surface area contributed by atoms with Crippen molar-refractivity contribution in [3.63, 3.8) is 0 Å². The van der Waals surface area contributed by atoms with Crippen molar-refractivity contribution in [3.8, 4) is 0 Å². The molecule has 1 heterocycles. The number of fused-ring (bicyclic) bond motifs is 1. The summed E-state index contributed by atoms with van der Waals surface area (Å²) < 4.78 is 5.82. The van der Waals surface area contributed by atoms with Gasteiger partial charge in [-0.05, 0) is 24.0 Å². The summed E-state index contributed by atoms with van der Waals surface area (Å²) in [5.41, 5.74) is 2.55. The van der Waals surface area contributed by atoms with Gasteiger partial charge in [0.1, 0.15) is 6.10 Å². The zero-order valence-electron chi connectivity index (χ0n) is 13.2. The molecule has 0 radical (unpaired) electrons. The van der Waals surface area contributed by atoms with Gasteiger partial charge in [0.15, 0.2) is 0 Å². The zero-order valence-corrected chi connectivity index (χ0v) is 13.2. The highest BCUT2D eigenvalue weighted by molar-refractivity contribution is 5.18. The molecule has 23 heavy (non-hydrogen) atoms. The third-order valence-corrected chi connectivity index (χ3v) is 4.98. The van der Waals surface area contributed by atoms with Gasteiger partial charge in [0.05, 0.1) is 18.2 Å². The van der Waals surface area contributed by atoms with Crippen molar-refractivity contribution >= 4 is 0 Å². The Hall–Kier alpha value is -1.68. The number of rotatable bonds is 5. The maximum atomic E-state index is 10.6. The summed E-state index contributed by atoms with van der Waals surface area (Å²) in [5, 5.41) is 10.6. The van der Waals surface area contributed by atoms with E-state index in [2.05, 4.69) is 53.4 Å². The van der Waals surface area contributed by atoms with E-state index in [1.165, 1.54) is 11.1 Å². The smallest absolute Gasteiger partial charge is 0.102 e. The topological polar surface area (TPSA) is 36.0 Å². The first-order valence-corrected chi connectivity index (χ1v) is 8.47. The number of hydrogen-bond acceptors (Lipinski definition) is 3. The molecule has 0 amide bonds. The normalized spacial score (nSPS) is 29.3. The summed E-state index contributed by atoms with van der Waals surface area (Å²) in [7, 11) is 0. The number of epoxide rings is 1. The first kappa shape index (κ1) is 14.9. The lowest BCUT2D eigenvalue weighted by atomic mass is 9.90. The largest absolute Gasteiger partial charge is 0.391 e. The summed E-state index contributed by atoms with van der Waals surface area (Å²) in [4.78, 5) is 2.39. The molecule has 0 unspecified atom stereocenters. The third-order valence-electron chi connectivity index (χ3n) is 4.98. The first-order valence-electron chi connectivity index (χ1n) is 8.47. The summed E-state index contributed by atoms with van der Waals surface area (Å²) in [6.07, 6.45) is 2.09. The van der Waals surface area contributed by atoms with Gasteiger partial charge in [-0.1, -0.05) is 60.7 Å². The number of aliphatic hydroxyl groups excluding tert-OH is 1. The van der Waals surface area contributed by atoms with E-state index in [1.54, 1.807) is 0 Å². The van der Waals surface area contributed by atoms with Crippen LogP contribution in [0.25, 0.3) is 0 Å².